The third kappa shape index (κ3) is 4.82. The van der Waals surface area contributed by atoms with Crippen molar-refractivity contribution in [1.29, 1.82) is 0 Å². The second-order valence-corrected chi connectivity index (χ2v) is 8.03. The van der Waals surface area contributed by atoms with Crippen LogP contribution >= 0.6 is 11.8 Å². The van der Waals surface area contributed by atoms with Gasteiger partial charge in [-0.3, -0.25) is 9.59 Å². The van der Waals surface area contributed by atoms with Crippen LogP contribution in [0.2, 0.25) is 0 Å². The van der Waals surface area contributed by atoms with Gasteiger partial charge in [-0.1, -0.05) is 6.07 Å². The van der Waals surface area contributed by atoms with Crippen LogP contribution in [-0.2, 0) is 17.9 Å². The van der Waals surface area contributed by atoms with E-state index < -0.39 is 0 Å². The van der Waals surface area contributed by atoms with Crippen molar-refractivity contribution < 1.29 is 4.79 Å². The van der Waals surface area contributed by atoms with Gasteiger partial charge < -0.3 is 21.4 Å². The van der Waals surface area contributed by atoms with E-state index in [-0.39, 0.29) is 23.7 Å². The molecule has 0 saturated heterocycles. The summed E-state index contributed by atoms with van der Waals surface area (Å²) >= 11 is 1.63. The number of nitrogens with zero attached hydrogens (tertiary/aromatic N) is 2. The first-order valence-corrected chi connectivity index (χ1v) is 9.95. The minimum Gasteiger partial charge on any atom is -0.393 e. The van der Waals surface area contributed by atoms with Crippen LogP contribution in [-0.4, -0.2) is 21.2 Å². The molecule has 5 N–H and O–H groups in total. The molecule has 8 heteroatoms. The summed E-state index contributed by atoms with van der Waals surface area (Å²) in [7, 11) is 0. The number of aromatic nitrogens is 2. The lowest BCUT2D eigenvalue weighted by Crippen LogP contribution is -2.34. The van der Waals surface area contributed by atoms with E-state index in [1.54, 1.807) is 17.8 Å². The quantitative estimate of drug-likeness (QED) is 0.624. The van der Waals surface area contributed by atoms with E-state index >= 15 is 0 Å². The molecule has 0 aliphatic heterocycles. The predicted molar refractivity (Wildman–Crippen MR) is 109 cm³/mol. The van der Waals surface area contributed by atoms with Gasteiger partial charge in [-0.2, -0.15) is 0 Å². The molecule has 0 unspecified atom stereocenters. The smallest absolute Gasteiger partial charge is 0.275 e. The third-order valence-corrected chi connectivity index (χ3v) is 5.96. The fourth-order valence-electron chi connectivity index (χ4n) is 2.75. The Kier molecular flexibility index (Phi) is 5.74. The number of nitrogens with one attached hydrogen (secondary N) is 1. The Balaban J connectivity index is 1.66. The van der Waals surface area contributed by atoms with Gasteiger partial charge >= 0.3 is 0 Å². The number of rotatable bonds is 7. The lowest BCUT2D eigenvalue weighted by molar-refractivity contribution is -0.121. The Labute approximate surface area is 162 Å². The number of carbonyl (C=O) groups is 1. The molecule has 1 amide bonds. The van der Waals surface area contributed by atoms with Crippen molar-refractivity contribution in [3.05, 3.63) is 45.5 Å². The summed E-state index contributed by atoms with van der Waals surface area (Å²) in [5.74, 6) is 1.92. The van der Waals surface area contributed by atoms with E-state index in [1.807, 2.05) is 26.0 Å². The van der Waals surface area contributed by atoms with Crippen LogP contribution in [0.1, 0.15) is 29.8 Å². The maximum Gasteiger partial charge on any atom is 0.275 e. The van der Waals surface area contributed by atoms with E-state index in [9.17, 15) is 9.59 Å². The summed E-state index contributed by atoms with van der Waals surface area (Å²) < 4.78 is 1.42. The molecule has 0 aromatic carbocycles. The largest absolute Gasteiger partial charge is 0.393 e. The second-order valence-electron chi connectivity index (χ2n) is 6.97. The third-order valence-electron chi connectivity index (χ3n) is 4.67. The van der Waals surface area contributed by atoms with Crippen LogP contribution in [0.3, 0.4) is 0 Å². The SMILES string of the molecule is Cc1nc(N)ccc1CNC(=O)Cn1c(C)cc(SCC2CC2)c(N)c1=O. The average molecular weight is 388 g/mol. The Morgan fingerprint density at radius 3 is 2.74 bits per heavy atom. The maximum absolute atomic E-state index is 12.6. The number of nitrogens with two attached hydrogens (primary N) is 2. The number of thioether (sulfide) groups is 1. The minimum absolute atomic E-state index is 0.0656. The fourth-order valence-corrected chi connectivity index (χ4v) is 4.00. The van der Waals surface area contributed by atoms with Gasteiger partial charge in [0.1, 0.15) is 18.1 Å². The molecule has 1 fully saturated rings. The van der Waals surface area contributed by atoms with Gasteiger partial charge in [0.25, 0.3) is 5.56 Å². The van der Waals surface area contributed by atoms with Crippen LogP contribution in [0.15, 0.2) is 27.9 Å². The van der Waals surface area contributed by atoms with Crippen molar-refractivity contribution in [2.24, 2.45) is 5.92 Å². The van der Waals surface area contributed by atoms with Gasteiger partial charge in [-0.05, 0) is 50.3 Å². The van der Waals surface area contributed by atoms with Crippen LogP contribution in [0.25, 0.3) is 0 Å². The standard InChI is InChI=1S/C19H25N5O2S/c1-11-7-15(27-10-13-3-4-13)18(21)19(26)24(11)9-17(25)22-8-14-5-6-16(20)23-12(14)2/h5-7,13H,3-4,8-10,21H2,1-2H3,(H2,20,23)(H,22,25). The molecule has 0 radical (unpaired) electrons. The summed E-state index contributed by atoms with van der Waals surface area (Å²) in [6.45, 7) is 3.93. The normalized spacial score (nSPS) is 13.6. The number of carbonyl (C=O) groups excluding carboxylic acids is 1. The molecule has 2 heterocycles. The molecule has 0 atom stereocenters. The van der Waals surface area contributed by atoms with Crippen molar-refractivity contribution in [3.8, 4) is 0 Å². The lowest BCUT2D eigenvalue weighted by atomic mass is 10.2. The van der Waals surface area contributed by atoms with Gasteiger partial charge in [0.2, 0.25) is 5.91 Å². The van der Waals surface area contributed by atoms with Gasteiger partial charge in [-0.15, -0.1) is 11.8 Å². The Morgan fingerprint density at radius 2 is 2.07 bits per heavy atom. The van der Waals surface area contributed by atoms with Crippen LogP contribution in [0, 0.1) is 19.8 Å². The first-order valence-electron chi connectivity index (χ1n) is 8.96. The molecule has 0 bridgehead atoms. The van der Waals surface area contributed by atoms with Crippen molar-refractivity contribution in [2.45, 2.75) is 44.7 Å². The average Bonchev–Trinajstić information content (AvgIpc) is 3.44. The van der Waals surface area contributed by atoms with E-state index in [0.29, 0.717) is 12.4 Å². The highest BCUT2D eigenvalue weighted by molar-refractivity contribution is 7.99. The molecule has 1 saturated carbocycles. The highest BCUT2D eigenvalue weighted by Crippen LogP contribution is 2.36. The van der Waals surface area contributed by atoms with Crippen molar-refractivity contribution in [1.82, 2.24) is 14.9 Å². The topological polar surface area (TPSA) is 116 Å². The molecular weight excluding hydrogens is 362 g/mol. The molecule has 2 aromatic heterocycles. The maximum atomic E-state index is 12.6. The van der Waals surface area contributed by atoms with Gasteiger partial charge in [0, 0.05) is 28.6 Å². The highest BCUT2D eigenvalue weighted by atomic mass is 32.2. The summed E-state index contributed by atoms with van der Waals surface area (Å²) in [6, 6.07) is 5.42. The van der Waals surface area contributed by atoms with E-state index in [4.69, 9.17) is 11.5 Å². The monoisotopic (exact) mass is 387 g/mol. The first kappa shape index (κ1) is 19.3. The summed E-state index contributed by atoms with van der Waals surface area (Å²) in [5, 5.41) is 2.82. The zero-order chi connectivity index (χ0) is 19.6. The van der Waals surface area contributed by atoms with Crippen LogP contribution in [0.4, 0.5) is 11.5 Å². The molecule has 0 spiro atoms. The van der Waals surface area contributed by atoms with Crippen LogP contribution < -0.4 is 22.3 Å². The minimum atomic E-state index is -0.311. The summed E-state index contributed by atoms with van der Waals surface area (Å²) in [4.78, 5) is 29.9. The number of anilines is 2. The zero-order valence-electron chi connectivity index (χ0n) is 15.6. The Bertz CT molecular complexity index is 921. The van der Waals surface area contributed by atoms with E-state index in [0.717, 1.165) is 33.5 Å². The Morgan fingerprint density at radius 1 is 1.33 bits per heavy atom. The van der Waals surface area contributed by atoms with E-state index in [2.05, 4.69) is 10.3 Å². The molecule has 3 rings (SSSR count). The molecule has 7 nitrogen and oxygen atoms in total. The van der Waals surface area contributed by atoms with Crippen molar-refractivity contribution in [3.63, 3.8) is 0 Å². The number of aryl methyl sites for hydroxylation is 2. The molecular formula is C19H25N5O2S. The summed E-state index contributed by atoms with van der Waals surface area (Å²) in [5.41, 5.74) is 14.0. The second kappa shape index (κ2) is 8.04. The number of hydrogen-bond donors (Lipinski definition) is 3. The summed E-state index contributed by atoms with van der Waals surface area (Å²) in [6.07, 6.45) is 2.51. The number of nitrogen functional groups attached to an aromatic ring is 2. The van der Waals surface area contributed by atoms with Crippen molar-refractivity contribution >= 4 is 29.2 Å². The number of hydrogen-bond acceptors (Lipinski definition) is 6. The fraction of sp³-hybridized carbons (Fsp3) is 0.421. The Hall–Kier alpha value is -2.48. The molecule has 144 valence electrons. The molecule has 1 aliphatic carbocycles. The van der Waals surface area contributed by atoms with E-state index in [1.165, 1.54) is 17.4 Å². The van der Waals surface area contributed by atoms with Crippen LogP contribution in [0.5, 0.6) is 0 Å². The zero-order valence-corrected chi connectivity index (χ0v) is 16.4. The highest BCUT2D eigenvalue weighted by Gasteiger charge is 2.22. The lowest BCUT2D eigenvalue weighted by Gasteiger charge is -2.14. The van der Waals surface area contributed by atoms with Crippen molar-refractivity contribution in [2.75, 3.05) is 17.2 Å². The molecule has 27 heavy (non-hydrogen) atoms. The molecule has 2 aromatic rings. The van der Waals surface area contributed by atoms with Gasteiger partial charge in [-0.25, -0.2) is 4.98 Å². The number of amides is 1. The predicted octanol–water partition coefficient (Wildman–Crippen LogP) is 1.84. The first-order chi connectivity index (χ1) is 12.8. The van der Waals surface area contributed by atoms with Gasteiger partial charge in [0.05, 0.1) is 0 Å². The molecule has 1 aliphatic rings. The van der Waals surface area contributed by atoms with Gasteiger partial charge in [0.15, 0.2) is 0 Å². The number of pyridine rings is 2.